The number of hydrogen-bond acceptors (Lipinski definition) is 0. The molecule has 0 amide bonds. The Balaban J connectivity index is 1.82. The third-order valence-corrected chi connectivity index (χ3v) is 7.31. The molecule has 2 aliphatic rings. The summed E-state index contributed by atoms with van der Waals surface area (Å²) in [7, 11) is 0. The van der Waals surface area contributed by atoms with Crippen LogP contribution >= 0.6 is 0 Å². The molecule has 20 heavy (non-hydrogen) atoms. The second-order valence-corrected chi connectivity index (χ2v) is 8.44. The van der Waals surface area contributed by atoms with Gasteiger partial charge in [-0.3, -0.25) is 0 Å². The van der Waals surface area contributed by atoms with Gasteiger partial charge in [0, 0.05) is 11.8 Å². The third kappa shape index (κ3) is 3.20. The van der Waals surface area contributed by atoms with Gasteiger partial charge in [-0.2, -0.15) is 0 Å². The van der Waals surface area contributed by atoms with Crippen molar-refractivity contribution in [2.75, 3.05) is 0 Å². The smallest absolute Gasteiger partial charge is 0.0654 e. The van der Waals surface area contributed by atoms with Crippen molar-refractivity contribution in [1.29, 1.82) is 0 Å². The van der Waals surface area contributed by atoms with Gasteiger partial charge in [0.05, 0.1) is 12.8 Å². The SMILES string of the molecule is CCCCC(C)C1(C)[CH+]CC(C(C)C2C(C)[C@H]2C)CC1. The molecule has 0 aromatic carbocycles. The lowest BCUT2D eigenvalue weighted by Crippen LogP contribution is -2.33. The van der Waals surface area contributed by atoms with Crippen molar-refractivity contribution in [3.8, 4) is 0 Å². The summed E-state index contributed by atoms with van der Waals surface area (Å²) < 4.78 is 0. The van der Waals surface area contributed by atoms with Gasteiger partial charge in [-0.15, -0.1) is 0 Å². The number of hydrogen-bond donors (Lipinski definition) is 0. The Kier molecular flexibility index (Phi) is 5.14. The minimum absolute atomic E-state index is 0.520. The van der Waals surface area contributed by atoms with Gasteiger partial charge in [-0.1, -0.05) is 47.5 Å². The van der Waals surface area contributed by atoms with Crippen molar-refractivity contribution in [2.45, 2.75) is 80.1 Å². The predicted molar refractivity (Wildman–Crippen MR) is 89.4 cm³/mol. The first-order valence-corrected chi connectivity index (χ1v) is 9.25. The van der Waals surface area contributed by atoms with E-state index in [1.165, 1.54) is 38.5 Å². The summed E-state index contributed by atoms with van der Waals surface area (Å²) in [6.45, 7) is 14.8. The van der Waals surface area contributed by atoms with E-state index in [2.05, 4.69) is 48.0 Å². The van der Waals surface area contributed by atoms with Gasteiger partial charge in [0.25, 0.3) is 0 Å². The van der Waals surface area contributed by atoms with E-state index >= 15 is 0 Å². The van der Waals surface area contributed by atoms with Gasteiger partial charge in [0.15, 0.2) is 0 Å². The molecule has 0 aromatic rings. The Hall–Kier alpha value is -0.130. The molecule has 0 heteroatoms. The van der Waals surface area contributed by atoms with Crippen molar-refractivity contribution in [3.05, 3.63) is 6.42 Å². The summed E-state index contributed by atoms with van der Waals surface area (Å²) in [5, 5.41) is 0. The highest BCUT2D eigenvalue weighted by atomic mass is 14.5. The minimum Gasteiger partial charge on any atom is -0.0654 e. The van der Waals surface area contributed by atoms with Gasteiger partial charge >= 0.3 is 0 Å². The fourth-order valence-corrected chi connectivity index (χ4v) is 4.88. The summed E-state index contributed by atoms with van der Waals surface area (Å²) >= 11 is 0. The van der Waals surface area contributed by atoms with Crippen molar-refractivity contribution >= 4 is 0 Å². The first-order valence-electron chi connectivity index (χ1n) is 9.25. The maximum absolute atomic E-state index is 2.72. The van der Waals surface area contributed by atoms with Crippen molar-refractivity contribution in [2.24, 2.45) is 40.9 Å². The van der Waals surface area contributed by atoms with Crippen molar-refractivity contribution in [3.63, 3.8) is 0 Å². The molecule has 2 saturated carbocycles. The third-order valence-electron chi connectivity index (χ3n) is 7.31. The van der Waals surface area contributed by atoms with Crippen LogP contribution in [-0.4, -0.2) is 0 Å². The zero-order valence-electron chi connectivity index (χ0n) is 14.8. The normalized spacial score (nSPS) is 43.7. The zero-order chi connectivity index (χ0) is 14.9. The van der Waals surface area contributed by atoms with Crippen LogP contribution in [-0.2, 0) is 0 Å². The van der Waals surface area contributed by atoms with Gasteiger partial charge < -0.3 is 0 Å². The summed E-state index contributed by atoms with van der Waals surface area (Å²) in [5.74, 6) is 5.79. The fourth-order valence-electron chi connectivity index (χ4n) is 4.88. The summed E-state index contributed by atoms with van der Waals surface area (Å²) in [6.07, 6.45) is 11.2. The molecule has 0 aliphatic heterocycles. The Bertz CT molecular complexity index is 289. The summed E-state index contributed by atoms with van der Waals surface area (Å²) in [5.41, 5.74) is 0.520. The number of rotatable bonds is 6. The largest absolute Gasteiger partial charge is 0.108 e. The molecule has 0 aromatic heterocycles. The van der Waals surface area contributed by atoms with Crippen molar-refractivity contribution < 1.29 is 0 Å². The second kappa shape index (κ2) is 6.32. The van der Waals surface area contributed by atoms with Crippen LogP contribution in [0.25, 0.3) is 0 Å². The maximum atomic E-state index is 2.72. The first-order chi connectivity index (χ1) is 9.40. The van der Waals surface area contributed by atoms with E-state index in [-0.39, 0.29) is 0 Å². The molecule has 2 rings (SSSR count). The lowest BCUT2D eigenvalue weighted by Gasteiger charge is -2.36. The first kappa shape index (κ1) is 16.2. The molecule has 0 heterocycles. The highest BCUT2D eigenvalue weighted by Gasteiger charge is 2.51. The summed E-state index contributed by atoms with van der Waals surface area (Å²) in [4.78, 5) is 0. The van der Waals surface area contributed by atoms with E-state index in [0.717, 1.165) is 35.5 Å². The molecule has 0 bridgehead atoms. The Morgan fingerprint density at radius 3 is 2.30 bits per heavy atom. The van der Waals surface area contributed by atoms with Crippen LogP contribution < -0.4 is 0 Å². The van der Waals surface area contributed by atoms with Gasteiger partial charge in [-0.25, -0.2) is 0 Å². The molecular weight excluding hydrogens is 240 g/mol. The lowest BCUT2D eigenvalue weighted by atomic mass is 9.62. The molecule has 0 nitrogen and oxygen atoms in total. The van der Waals surface area contributed by atoms with E-state index in [0.29, 0.717) is 5.41 Å². The Labute approximate surface area is 128 Å². The van der Waals surface area contributed by atoms with Crippen LogP contribution in [0.5, 0.6) is 0 Å². The highest BCUT2D eigenvalue weighted by molar-refractivity contribution is 5.02. The molecule has 0 spiro atoms. The molecule has 2 fully saturated rings. The average molecular weight is 278 g/mol. The maximum Gasteiger partial charge on any atom is 0.108 e. The van der Waals surface area contributed by atoms with Crippen LogP contribution in [0.2, 0.25) is 0 Å². The van der Waals surface area contributed by atoms with Gasteiger partial charge in [0.1, 0.15) is 5.41 Å². The van der Waals surface area contributed by atoms with Crippen LogP contribution in [0.4, 0.5) is 0 Å². The fraction of sp³-hybridized carbons (Fsp3) is 0.950. The molecular formula is C20H37+. The minimum atomic E-state index is 0.520. The molecule has 0 saturated heterocycles. The Morgan fingerprint density at radius 1 is 1.20 bits per heavy atom. The highest BCUT2D eigenvalue weighted by Crippen LogP contribution is 2.56. The quantitative estimate of drug-likeness (QED) is 0.495. The number of unbranched alkanes of at least 4 members (excludes halogenated alkanes) is 1. The lowest BCUT2D eigenvalue weighted by molar-refractivity contribution is 0.126. The van der Waals surface area contributed by atoms with E-state index in [4.69, 9.17) is 0 Å². The standard InChI is InChI=1S/C20H37/c1-7-8-9-14(2)20(6)12-10-18(11-13-20)17(5)19-15(3)16(19)4/h12,14-19H,7-11,13H2,1-6H3/q+1/t14?,15-,16?,17?,18?,19?,20?/m1/s1. The predicted octanol–water partition coefficient (Wildman–Crippen LogP) is 6.36. The van der Waals surface area contributed by atoms with Crippen LogP contribution in [0.1, 0.15) is 80.1 Å². The monoisotopic (exact) mass is 277 g/mol. The molecule has 7 atom stereocenters. The van der Waals surface area contributed by atoms with E-state index < -0.39 is 0 Å². The molecule has 6 unspecified atom stereocenters. The van der Waals surface area contributed by atoms with E-state index in [9.17, 15) is 0 Å². The van der Waals surface area contributed by atoms with Gasteiger partial charge in [-0.05, 0) is 49.9 Å². The van der Waals surface area contributed by atoms with E-state index in [1.807, 2.05) is 0 Å². The average Bonchev–Trinajstić information content (AvgIpc) is 3.03. The molecule has 2 aliphatic carbocycles. The van der Waals surface area contributed by atoms with Crippen molar-refractivity contribution in [1.82, 2.24) is 0 Å². The van der Waals surface area contributed by atoms with Crippen LogP contribution in [0.3, 0.4) is 0 Å². The van der Waals surface area contributed by atoms with E-state index in [1.54, 1.807) is 0 Å². The van der Waals surface area contributed by atoms with Crippen LogP contribution in [0, 0.1) is 47.3 Å². The molecule has 116 valence electrons. The summed E-state index contributed by atoms with van der Waals surface area (Å²) in [6, 6.07) is 0. The Morgan fingerprint density at radius 2 is 1.85 bits per heavy atom. The van der Waals surface area contributed by atoms with Crippen LogP contribution in [0.15, 0.2) is 0 Å². The van der Waals surface area contributed by atoms with Gasteiger partial charge in [0.2, 0.25) is 0 Å². The second-order valence-electron chi connectivity index (χ2n) is 8.44. The topological polar surface area (TPSA) is 0 Å². The molecule has 0 radical (unpaired) electrons. The molecule has 0 N–H and O–H groups in total. The zero-order valence-corrected chi connectivity index (χ0v) is 14.8.